The number of benzene rings is 9. The van der Waals surface area contributed by atoms with Crippen molar-refractivity contribution in [2.75, 3.05) is 0 Å². The molecule has 0 amide bonds. The molecule has 5 heteroatoms. The van der Waals surface area contributed by atoms with Crippen molar-refractivity contribution < 1.29 is 0 Å². The number of fused-ring (bicyclic) bond motifs is 6. The number of rotatable bonds is 6. The third kappa shape index (κ3) is 5.64. The zero-order chi connectivity index (χ0) is 37.7. The zero-order valence-electron chi connectivity index (χ0n) is 30.8. The molecule has 0 aliphatic heterocycles. The summed E-state index contributed by atoms with van der Waals surface area (Å²) >= 11 is 0. The van der Waals surface area contributed by atoms with Crippen LogP contribution in [0.25, 0.3) is 105 Å². The number of aromatic nitrogens is 5. The highest BCUT2D eigenvalue weighted by molar-refractivity contribution is 6.18. The van der Waals surface area contributed by atoms with Crippen molar-refractivity contribution in [2.45, 2.75) is 0 Å². The van der Waals surface area contributed by atoms with Gasteiger partial charge in [-0.3, -0.25) is 0 Å². The largest absolute Gasteiger partial charge is 0.232 e. The molecule has 0 spiro atoms. The first-order valence-corrected chi connectivity index (χ1v) is 19.2. The lowest BCUT2D eigenvalue weighted by Crippen LogP contribution is -2.01. The molecule has 9 aromatic carbocycles. The van der Waals surface area contributed by atoms with Gasteiger partial charge < -0.3 is 0 Å². The average molecular weight is 728 g/mol. The van der Waals surface area contributed by atoms with Crippen molar-refractivity contribution >= 4 is 43.2 Å². The summed E-state index contributed by atoms with van der Waals surface area (Å²) in [5.41, 5.74) is 9.05. The lowest BCUT2D eigenvalue weighted by molar-refractivity contribution is 0.918. The van der Waals surface area contributed by atoms with Gasteiger partial charge in [0.15, 0.2) is 17.5 Å². The lowest BCUT2D eigenvalue weighted by atomic mass is 9.93. The molecule has 266 valence electrons. The van der Waals surface area contributed by atoms with Crippen LogP contribution in [0.2, 0.25) is 0 Å². The molecule has 0 aliphatic carbocycles. The fraction of sp³-hybridized carbons (Fsp3) is 0. The summed E-state index contributed by atoms with van der Waals surface area (Å²) in [4.78, 5) is 15.6. The molecule has 0 radical (unpaired) electrons. The maximum absolute atomic E-state index is 5.41. The maximum atomic E-state index is 5.41. The summed E-state index contributed by atoms with van der Waals surface area (Å²) in [7, 11) is 0. The molecule has 0 saturated carbocycles. The van der Waals surface area contributed by atoms with Crippen molar-refractivity contribution in [3.63, 3.8) is 0 Å². The van der Waals surface area contributed by atoms with Gasteiger partial charge in [-0.15, -0.1) is 0 Å². The predicted molar refractivity (Wildman–Crippen MR) is 234 cm³/mol. The molecule has 5 nitrogen and oxygen atoms in total. The molecule has 57 heavy (non-hydrogen) atoms. The Balaban J connectivity index is 1.21. The van der Waals surface area contributed by atoms with Crippen LogP contribution in [0.3, 0.4) is 0 Å². The van der Waals surface area contributed by atoms with E-state index in [-0.39, 0.29) is 0 Å². The Kier molecular flexibility index (Phi) is 7.74. The van der Waals surface area contributed by atoms with E-state index in [9.17, 15) is 0 Å². The fourth-order valence-corrected chi connectivity index (χ4v) is 8.16. The van der Waals surface area contributed by atoms with Crippen LogP contribution in [0, 0.1) is 0 Å². The van der Waals surface area contributed by atoms with Crippen molar-refractivity contribution in [2.24, 2.45) is 0 Å². The van der Waals surface area contributed by atoms with Gasteiger partial charge in [0.2, 0.25) is 0 Å². The van der Waals surface area contributed by atoms with Crippen LogP contribution in [0.15, 0.2) is 200 Å². The SMILES string of the molecule is c1ccc(-c2nc(-c3ccc4cc(-c5ccccc5)c5c(-c6ccccc6)nn(-c6ccccc6)c5c4c3)nc(-c3cc4ccccc4c4ccccc34)n2)cc1. The van der Waals surface area contributed by atoms with Gasteiger partial charge >= 0.3 is 0 Å². The highest BCUT2D eigenvalue weighted by Gasteiger charge is 2.22. The van der Waals surface area contributed by atoms with Crippen LogP contribution in [-0.4, -0.2) is 24.7 Å². The van der Waals surface area contributed by atoms with Crippen LogP contribution in [0.4, 0.5) is 0 Å². The Hall–Kier alpha value is -7.76. The van der Waals surface area contributed by atoms with Crippen LogP contribution in [0.5, 0.6) is 0 Å². The summed E-state index contributed by atoms with van der Waals surface area (Å²) < 4.78 is 2.10. The first-order valence-electron chi connectivity index (χ1n) is 19.2. The summed E-state index contributed by atoms with van der Waals surface area (Å²) in [6.45, 7) is 0. The van der Waals surface area contributed by atoms with Gasteiger partial charge in [-0.05, 0) is 68.4 Å². The Morgan fingerprint density at radius 1 is 0.333 bits per heavy atom. The molecule has 0 saturated heterocycles. The maximum Gasteiger partial charge on any atom is 0.164 e. The van der Waals surface area contributed by atoms with E-state index in [2.05, 4.69) is 175 Å². The van der Waals surface area contributed by atoms with Crippen molar-refractivity contribution in [1.29, 1.82) is 0 Å². The number of hydrogen-bond donors (Lipinski definition) is 0. The standard InChI is InChI=1S/C52H33N5/c1-5-17-34(18-6-1)44-31-38-29-30-39(33-45(38)49-47(44)48(35-19-7-2-8-20-35)56-57(49)40-24-11-4-12-25-40)51-53-50(36-21-9-3-10-22-36)54-52(55-51)46-32-37-23-13-14-26-41(37)42-27-15-16-28-43(42)46/h1-33H. The molecular weight excluding hydrogens is 695 g/mol. The summed E-state index contributed by atoms with van der Waals surface area (Å²) in [6, 6.07) is 69.8. The normalized spacial score (nSPS) is 11.5. The molecule has 2 aromatic heterocycles. The van der Waals surface area contributed by atoms with Gasteiger partial charge in [0, 0.05) is 33.0 Å². The lowest BCUT2D eigenvalue weighted by Gasteiger charge is -2.14. The van der Waals surface area contributed by atoms with Gasteiger partial charge in [0.25, 0.3) is 0 Å². The van der Waals surface area contributed by atoms with Gasteiger partial charge in [0.1, 0.15) is 5.69 Å². The Labute approximate surface area is 329 Å². The minimum atomic E-state index is 0.604. The Bertz CT molecular complexity index is 3270. The quantitative estimate of drug-likeness (QED) is 0.160. The van der Waals surface area contributed by atoms with E-state index in [1.807, 2.05) is 30.3 Å². The van der Waals surface area contributed by atoms with Crippen LogP contribution >= 0.6 is 0 Å². The molecule has 0 fully saturated rings. The molecular formula is C52H33N5. The van der Waals surface area contributed by atoms with E-state index in [4.69, 9.17) is 20.1 Å². The highest BCUT2D eigenvalue weighted by atomic mass is 15.3. The molecule has 0 atom stereocenters. The van der Waals surface area contributed by atoms with Gasteiger partial charge in [-0.2, -0.15) is 5.10 Å². The van der Waals surface area contributed by atoms with Crippen LogP contribution in [0.1, 0.15) is 0 Å². The van der Waals surface area contributed by atoms with Crippen molar-refractivity contribution in [3.8, 4) is 62.2 Å². The minimum absolute atomic E-state index is 0.604. The number of nitrogens with zero attached hydrogens (tertiary/aromatic N) is 5. The smallest absolute Gasteiger partial charge is 0.164 e. The second-order valence-electron chi connectivity index (χ2n) is 14.3. The molecule has 0 aliphatic rings. The zero-order valence-corrected chi connectivity index (χ0v) is 30.8. The van der Waals surface area contributed by atoms with E-state index >= 15 is 0 Å². The van der Waals surface area contributed by atoms with E-state index in [0.29, 0.717) is 17.5 Å². The number of para-hydroxylation sites is 1. The highest BCUT2D eigenvalue weighted by Crippen LogP contribution is 2.43. The van der Waals surface area contributed by atoms with Gasteiger partial charge in [0.05, 0.1) is 11.2 Å². The van der Waals surface area contributed by atoms with Gasteiger partial charge in [-0.1, -0.05) is 170 Å². The second kappa shape index (κ2) is 13.5. The van der Waals surface area contributed by atoms with E-state index in [1.54, 1.807) is 0 Å². The summed E-state index contributed by atoms with van der Waals surface area (Å²) in [6.07, 6.45) is 0. The third-order valence-electron chi connectivity index (χ3n) is 10.8. The first kappa shape index (κ1) is 32.7. The Morgan fingerprint density at radius 3 is 1.58 bits per heavy atom. The van der Waals surface area contributed by atoms with Gasteiger partial charge in [-0.25, -0.2) is 19.6 Å². The van der Waals surface area contributed by atoms with E-state index in [0.717, 1.165) is 77.2 Å². The van der Waals surface area contributed by atoms with E-state index < -0.39 is 0 Å². The summed E-state index contributed by atoms with van der Waals surface area (Å²) in [5.74, 6) is 1.86. The third-order valence-corrected chi connectivity index (χ3v) is 10.8. The van der Waals surface area contributed by atoms with E-state index in [1.165, 1.54) is 10.8 Å². The minimum Gasteiger partial charge on any atom is -0.232 e. The van der Waals surface area contributed by atoms with Crippen molar-refractivity contribution in [1.82, 2.24) is 24.7 Å². The fourth-order valence-electron chi connectivity index (χ4n) is 8.16. The molecule has 0 unspecified atom stereocenters. The van der Waals surface area contributed by atoms with Crippen LogP contribution in [-0.2, 0) is 0 Å². The Morgan fingerprint density at radius 2 is 0.860 bits per heavy atom. The molecule has 11 aromatic rings. The average Bonchev–Trinajstić information content (AvgIpc) is 3.71. The molecule has 11 rings (SSSR count). The summed E-state index contributed by atoms with van der Waals surface area (Å²) in [5, 5.41) is 13.3. The molecule has 2 heterocycles. The predicted octanol–water partition coefficient (Wildman–Crippen LogP) is 13.0. The first-order chi connectivity index (χ1) is 28.3. The second-order valence-corrected chi connectivity index (χ2v) is 14.3. The topological polar surface area (TPSA) is 56.5 Å². The monoisotopic (exact) mass is 727 g/mol. The molecule has 0 bridgehead atoms. The number of hydrogen-bond acceptors (Lipinski definition) is 4. The van der Waals surface area contributed by atoms with Crippen LogP contribution < -0.4 is 0 Å². The molecule has 0 N–H and O–H groups in total. The van der Waals surface area contributed by atoms with Crippen molar-refractivity contribution in [3.05, 3.63) is 200 Å².